The summed E-state index contributed by atoms with van der Waals surface area (Å²) < 4.78 is 5.67. The molecule has 0 saturated carbocycles. The molecule has 1 aromatic heterocycles. The van der Waals surface area contributed by atoms with Gasteiger partial charge in [0.05, 0.1) is 6.20 Å². The molecule has 2 atom stereocenters. The van der Waals surface area contributed by atoms with Crippen LogP contribution in [0.2, 0.25) is 0 Å². The van der Waals surface area contributed by atoms with Crippen molar-refractivity contribution in [2.75, 3.05) is 26.8 Å². The molecule has 1 fully saturated rings. The highest BCUT2D eigenvalue weighted by Gasteiger charge is 2.29. The van der Waals surface area contributed by atoms with Crippen LogP contribution in [0.3, 0.4) is 0 Å². The zero-order valence-electron chi connectivity index (χ0n) is 9.54. The summed E-state index contributed by atoms with van der Waals surface area (Å²) in [6.07, 6.45) is 4.46. The van der Waals surface area contributed by atoms with E-state index in [2.05, 4.69) is 16.9 Å². The molecule has 0 spiro atoms. The highest BCUT2D eigenvalue weighted by atomic mass is 16.5. The Balaban J connectivity index is 1.82. The van der Waals surface area contributed by atoms with Gasteiger partial charge in [0, 0.05) is 25.4 Å². The van der Waals surface area contributed by atoms with E-state index in [0.717, 1.165) is 18.7 Å². The van der Waals surface area contributed by atoms with Gasteiger partial charge in [0.15, 0.2) is 0 Å². The second-order valence-electron chi connectivity index (χ2n) is 4.38. The van der Waals surface area contributed by atoms with Gasteiger partial charge in [-0.2, -0.15) is 0 Å². The van der Waals surface area contributed by atoms with E-state index in [9.17, 15) is 0 Å². The average Bonchev–Trinajstić information content (AvgIpc) is 2.69. The van der Waals surface area contributed by atoms with Gasteiger partial charge in [-0.05, 0) is 31.5 Å². The van der Waals surface area contributed by atoms with Crippen LogP contribution in [0.1, 0.15) is 6.42 Å². The van der Waals surface area contributed by atoms with Gasteiger partial charge in [0.1, 0.15) is 12.4 Å². The molecule has 1 aliphatic heterocycles. The SMILES string of the molecule is CN1C[C@@H](CO)CC1COc1cccnc1. The van der Waals surface area contributed by atoms with Gasteiger partial charge in [-0.1, -0.05) is 0 Å². The lowest BCUT2D eigenvalue weighted by molar-refractivity contribution is 0.197. The lowest BCUT2D eigenvalue weighted by atomic mass is 10.1. The molecule has 1 saturated heterocycles. The topological polar surface area (TPSA) is 45.6 Å². The first-order valence-electron chi connectivity index (χ1n) is 5.63. The number of hydrogen-bond donors (Lipinski definition) is 1. The van der Waals surface area contributed by atoms with Crippen LogP contribution in [0.5, 0.6) is 5.75 Å². The highest BCUT2D eigenvalue weighted by Crippen LogP contribution is 2.21. The molecule has 0 bridgehead atoms. The Morgan fingerprint density at radius 2 is 2.50 bits per heavy atom. The second kappa shape index (κ2) is 5.27. The molecule has 88 valence electrons. The largest absolute Gasteiger partial charge is 0.490 e. The Kier molecular flexibility index (Phi) is 3.74. The number of aromatic nitrogens is 1. The third kappa shape index (κ3) is 2.71. The molecular weight excluding hydrogens is 204 g/mol. The van der Waals surface area contributed by atoms with Crippen LogP contribution in [0.15, 0.2) is 24.5 Å². The summed E-state index contributed by atoms with van der Waals surface area (Å²) in [5, 5.41) is 9.11. The molecule has 1 N–H and O–H groups in total. The summed E-state index contributed by atoms with van der Waals surface area (Å²) >= 11 is 0. The minimum absolute atomic E-state index is 0.272. The van der Waals surface area contributed by atoms with Crippen LogP contribution in [0.4, 0.5) is 0 Å². The summed E-state index contributed by atoms with van der Waals surface area (Å²) in [6.45, 7) is 1.89. The standard InChI is InChI=1S/C12H18N2O2/c1-14-7-10(8-15)5-11(14)9-16-12-3-2-4-13-6-12/h2-4,6,10-11,15H,5,7-9H2,1H3/t10-,11?/m0/s1. The predicted molar refractivity (Wildman–Crippen MR) is 61.3 cm³/mol. The minimum atomic E-state index is 0.272. The van der Waals surface area contributed by atoms with E-state index in [0.29, 0.717) is 18.6 Å². The number of nitrogens with zero attached hydrogens (tertiary/aromatic N) is 2. The molecule has 4 nitrogen and oxygen atoms in total. The van der Waals surface area contributed by atoms with Crippen molar-refractivity contribution in [2.24, 2.45) is 5.92 Å². The fourth-order valence-electron chi connectivity index (χ4n) is 2.15. The van der Waals surface area contributed by atoms with Crippen molar-refractivity contribution in [1.82, 2.24) is 9.88 Å². The first-order chi connectivity index (χ1) is 7.79. The molecule has 4 heteroatoms. The molecule has 0 amide bonds. The second-order valence-corrected chi connectivity index (χ2v) is 4.38. The maximum absolute atomic E-state index is 9.11. The summed E-state index contributed by atoms with van der Waals surface area (Å²) in [7, 11) is 2.08. The maximum Gasteiger partial charge on any atom is 0.137 e. The Morgan fingerprint density at radius 3 is 3.12 bits per heavy atom. The van der Waals surface area contributed by atoms with E-state index in [-0.39, 0.29) is 6.61 Å². The summed E-state index contributed by atoms with van der Waals surface area (Å²) in [6, 6.07) is 4.17. The average molecular weight is 222 g/mol. The fraction of sp³-hybridized carbons (Fsp3) is 0.583. The van der Waals surface area contributed by atoms with Crippen molar-refractivity contribution in [3.63, 3.8) is 0 Å². The third-order valence-corrected chi connectivity index (χ3v) is 3.11. The van der Waals surface area contributed by atoms with Gasteiger partial charge < -0.3 is 9.84 Å². The maximum atomic E-state index is 9.11. The van der Waals surface area contributed by atoms with Crippen LogP contribution in [-0.4, -0.2) is 47.8 Å². The lowest BCUT2D eigenvalue weighted by Crippen LogP contribution is -2.30. The lowest BCUT2D eigenvalue weighted by Gasteiger charge is -2.19. The van der Waals surface area contributed by atoms with Crippen molar-refractivity contribution in [2.45, 2.75) is 12.5 Å². The smallest absolute Gasteiger partial charge is 0.137 e. The number of hydrogen-bond acceptors (Lipinski definition) is 4. The number of aliphatic hydroxyl groups excluding tert-OH is 1. The van der Waals surface area contributed by atoms with Crippen molar-refractivity contribution in [3.8, 4) is 5.75 Å². The molecule has 0 radical (unpaired) electrons. The number of likely N-dealkylation sites (tertiary alicyclic amines) is 1. The number of rotatable bonds is 4. The Bertz CT molecular complexity index is 318. The van der Waals surface area contributed by atoms with E-state index in [1.807, 2.05) is 12.1 Å². The van der Waals surface area contributed by atoms with Crippen molar-refractivity contribution in [1.29, 1.82) is 0 Å². The van der Waals surface area contributed by atoms with Gasteiger partial charge in [0.25, 0.3) is 0 Å². The number of ether oxygens (including phenoxy) is 1. The van der Waals surface area contributed by atoms with E-state index in [1.165, 1.54) is 0 Å². The molecule has 1 aliphatic rings. The predicted octanol–water partition coefficient (Wildman–Crippen LogP) is 0.773. The first-order valence-corrected chi connectivity index (χ1v) is 5.63. The molecular formula is C12H18N2O2. The van der Waals surface area contributed by atoms with E-state index in [1.54, 1.807) is 12.4 Å². The number of aliphatic hydroxyl groups is 1. The van der Waals surface area contributed by atoms with Gasteiger partial charge in [-0.3, -0.25) is 9.88 Å². The Hall–Kier alpha value is -1.13. The van der Waals surface area contributed by atoms with E-state index >= 15 is 0 Å². The van der Waals surface area contributed by atoms with E-state index < -0.39 is 0 Å². The quantitative estimate of drug-likeness (QED) is 0.817. The Morgan fingerprint density at radius 1 is 1.62 bits per heavy atom. The zero-order chi connectivity index (χ0) is 11.4. The molecule has 1 aromatic rings. The Labute approximate surface area is 95.9 Å². The van der Waals surface area contributed by atoms with Crippen LogP contribution in [0.25, 0.3) is 0 Å². The van der Waals surface area contributed by atoms with Gasteiger partial charge >= 0.3 is 0 Å². The van der Waals surface area contributed by atoms with Crippen molar-refractivity contribution >= 4 is 0 Å². The first kappa shape index (κ1) is 11.4. The van der Waals surface area contributed by atoms with Gasteiger partial charge in [-0.15, -0.1) is 0 Å². The monoisotopic (exact) mass is 222 g/mol. The van der Waals surface area contributed by atoms with Crippen molar-refractivity contribution in [3.05, 3.63) is 24.5 Å². The summed E-state index contributed by atoms with van der Waals surface area (Å²) in [5.74, 6) is 1.20. The van der Waals surface area contributed by atoms with Gasteiger partial charge in [-0.25, -0.2) is 0 Å². The van der Waals surface area contributed by atoms with Crippen LogP contribution >= 0.6 is 0 Å². The number of pyridine rings is 1. The molecule has 1 unspecified atom stereocenters. The van der Waals surface area contributed by atoms with Crippen LogP contribution in [0, 0.1) is 5.92 Å². The summed E-state index contributed by atoms with van der Waals surface area (Å²) in [4.78, 5) is 6.25. The normalized spacial score (nSPS) is 25.9. The highest BCUT2D eigenvalue weighted by molar-refractivity contribution is 5.15. The van der Waals surface area contributed by atoms with Gasteiger partial charge in [0.2, 0.25) is 0 Å². The zero-order valence-corrected chi connectivity index (χ0v) is 9.54. The molecule has 0 aromatic carbocycles. The van der Waals surface area contributed by atoms with Crippen LogP contribution in [-0.2, 0) is 0 Å². The summed E-state index contributed by atoms with van der Waals surface area (Å²) in [5.41, 5.74) is 0. The molecule has 2 heterocycles. The van der Waals surface area contributed by atoms with Crippen LogP contribution < -0.4 is 4.74 Å². The number of likely N-dealkylation sites (N-methyl/N-ethyl adjacent to an activating group) is 1. The fourth-order valence-corrected chi connectivity index (χ4v) is 2.15. The molecule has 2 rings (SSSR count). The molecule has 0 aliphatic carbocycles. The van der Waals surface area contributed by atoms with E-state index in [4.69, 9.17) is 9.84 Å². The van der Waals surface area contributed by atoms with Crippen molar-refractivity contribution < 1.29 is 9.84 Å². The third-order valence-electron chi connectivity index (χ3n) is 3.11. The minimum Gasteiger partial charge on any atom is -0.490 e. The molecule has 16 heavy (non-hydrogen) atoms.